The maximum atomic E-state index is 5.87. The van der Waals surface area contributed by atoms with Crippen molar-refractivity contribution in [3.63, 3.8) is 0 Å². The minimum Gasteiger partial charge on any atom is -0.371 e. The Balaban J connectivity index is 1.87. The maximum absolute atomic E-state index is 5.87. The van der Waals surface area contributed by atoms with E-state index in [1.807, 2.05) is 25.9 Å². The Kier molecular flexibility index (Phi) is 3.60. The van der Waals surface area contributed by atoms with Crippen LogP contribution < -0.4 is 15.1 Å². The Labute approximate surface area is 119 Å². The summed E-state index contributed by atoms with van der Waals surface area (Å²) in [5.41, 5.74) is 0. The molecular formula is C13H22N6O. The predicted octanol–water partition coefficient (Wildman–Crippen LogP) is 0.737. The lowest BCUT2D eigenvalue weighted by atomic mass is 10.2. The van der Waals surface area contributed by atoms with Gasteiger partial charge in [-0.05, 0) is 19.8 Å². The van der Waals surface area contributed by atoms with Crippen LogP contribution in [0.4, 0.5) is 17.8 Å². The van der Waals surface area contributed by atoms with Crippen LogP contribution in [0, 0.1) is 0 Å². The van der Waals surface area contributed by atoms with E-state index < -0.39 is 0 Å². The van der Waals surface area contributed by atoms with E-state index in [0.29, 0.717) is 24.1 Å². The summed E-state index contributed by atoms with van der Waals surface area (Å²) in [7, 11) is 3.88. The van der Waals surface area contributed by atoms with E-state index in [9.17, 15) is 0 Å². The van der Waals surface area contributed by atoms with E-state index >= 15 is 0 Å². The van der Waals surface area contributed by atoms with Crippen LogP contribution in [0.1, 0.15) is 19.8 Å². The molecule has 0 radical (unpaired) electrons. The molecular weight excluding hydrogens is 256 g/mol. The number of ether oxygens (including phenoxy) is 1. The first kappa shape index (κ1) is 13.4. The van der Waals surface area contributed by atoms with Gasteiger partial charge in [-0.15, -0.1) is 0 Å². The Morgan fingerprint density at radius 2 is 1.90 bits per heavy atom. The molecule has 1 aromatic heterocycles. The Morgan fingerprint density at radius 1 is 1.20 bits per heavy atom. The zero-order valence-electron chi connectivity index (χ0n) is 12.3. The van der Waals surface area contributed by atoms with Gasteiger partial charge in [-0.3, -0.25) is 0 Å². The van der Waals surface area contributed by atoms with Crippen molar-refractivity contribution in [1.82, 2.24) is 15.0 Å². The van der Waals surface area contributed by atoms with Crippen LogP contribution in [0.5, 0.6) is 0 Å². The molecule has 2 atom stereocenters. The van der Waals surface area contributed by atoms with Crippen molar-refractivity contribution in [2.45, 2.75) is 32.0 Å². The number of anilines is 3. The topological polar surface area (TPSA) is 66.4 Å². The number of nitrogens with zero attached hydrogens (tertiary/aromatic N) is 5. The third-order valence-electron chi connectivity index (χ3n) is 3.67. The number of aromatic nitrogens is 3. The second-order valence-electron chi connectivity index (χ2n) is 5.55. The monoisotopic (exact) mass is 278 g/mol. The van der Waals surface area contributed by atoms with E-state index in [1.165, 1.54) is 0 Å². The quantitative estimate of drug-likeness (QED) is 0.871. The van der Waals surface area contributed by atoms with Crippen LogP contribution in [-0.4, -0.2) is 60.9 Å². The molecule has 2 aliphatic rings. The van der Waals surface area contributed by atoms with Gasteiger partial charge in [0.25, 0.3) is 0 Å². The van der Waals surface area contributed by atoms with Gasteiger partial charge in [0.05, 0.1) is 12.2 Å². The van der Waals surface area contributed by atoms with Crippen molar-refractivity contribution in [3.8, 4) is 0 Å². The molecule has 2 bridgehead atoms. The van der Waals surface area contributed by atoms with Gasteiger partial charge in [-0.25, -0.2) is 0 Å². The fourth-order valence-corrected chi connectivity index (χ4v) is 2.71. The molecule has 20 heavy (non-hydrogen) atoms. The lowest BCUT2D eigenvalue weighted by molar-refractivity contribution is 0.0299. The van der Waals surface area contributed by atoms with Gasteiger partial charge in [0.1, 0.15) is 0 Å². The van der Waals surface area contributed by atoms with E-state index in [0.717, 1.165) is 38.4 Å². The van der Waals surface area contributed by atoms with Gasteiger partial charge < -0.3 is 19.9 Å². The van der Waals surface area contributed by atoms with Crippen LogP contribution in [-0.2, 0) is 4.74 Å². The molecule has 1 N–H and O–H groups in total. The summed E-state index contributed by atoms with van der Waals surface area (Å²) in [4.78, 5) is 17.6. The summed E-state index contributed by atoms with van der Waals surface area (Å²) in [5.74, 6) is 2.07. The van der Waals surface area contributed by atoms with Gasteiger partial charge in [-0.2, -0.15) is 15.0 Å². The molecule has 2 saturated heterocycles. The molecule has 2 fully saturated rings. The summed E-state index contributed by atoms with van der Waals surface area (Å²) in [6.07, 6.45) is 2.95. The fourth-order valence-electron chi connectivity index (χ4n) is 2.71. The van der Waals surface area contributed by atoms with Gasteiger partial charge >= 0.3 is 0 Å². The van der Waals surface area contributed by atoms with Gasteiger partial charge in [0.15, 0.2) is 0 Å². The first-order valence-corrected chi connectivity index (χ1v) is 7.23. The Morgan fingerprint density at radius 3 is 2.50 bits per heavy atom. The minimum absolute atomic E-state index is 0.330. The van der Waals surface area contributed by atoms with Crippen LogP contribution in [0.2, 0.25) is 0 Å². The molecule has 2 unspecified atom stereocenters. The highest BCUT2D eigenvalue weighted by atomic mass is 16.5. The second-order valence-corrected chi connectivity index (χ2v) is 5.55. The van der Waals surface area contributed by atoms with Gasteiger partial charge in [0, 0.05) is 33.7 Å². The third-order valence-corrected chi connectivity index (χ3v) is 3.67. The lowest BCUT2D eigenvalue weighted by Gasteiger charge is -2.32. The number of morpholine rings is 1. The molecule has 3 rings (SSSR count). The molecule has 0 saturated carbocycles. The first-order valence-electron chi connectivity index (χ1n) is 7.23. The highest BCUT2D eigenvalue weighted by Gasteiger charge is 2.35. The molecule has 0 spiro atoms. The molecule has 3 heterocycles. The molecule has 110 valence electrons. The van der Waals surface area contributed by atoms with Gasteiger partial charge in [-0.1, -0.05) is 0 Å². The summed E-state index contributed by atoms with van der Waals surface area (Å²) >= 11 is 0. The summed E-state index contributed by atoms with van der Waals surface area (Å²) < 4.78 is 5.87. The smallest absolute Gasteiger partial charge is 0.232 e. The normalized spacial score (nSPS) is 24.9. The van der Waals surface area contributed by atoms with Crippen molar-refractivity contribution in [1.29, 1.82) is 0 Å². The van der Waals surface area contributed by atoms with Crippen molar-refractivity contribution in [3.05, 3.63) is 0 Å². The minimum atomic E-state index is 0.330. The third kappa shape index (κ3) is 2.63. The first-order chi connectivity index (χ1) is 9.65. The predicted molar refractivity (Wildman–Crippen MR) is 78.4 cm³/mol. The van der Waals surface area contributed by atoms with Crippen LogP contribution in [0.25, 0.3) is 0 Å². The highest BCUT2D eigenvalue weighted by molar-refractivity contribution is 5.45. The summed E-state index contributed by atoms with van der Waals surface area (Å²) in [6, 6.07) is 0. The van der Waals surface area contributed by atoms with Crippen LogP contribution in [0.3, 0.4) is 0 Å². The molecule has 0 aliphatic carbocycles. The molecule has 0 amide bonds. The molecule has 1 aromatic rings. The van der Waals surface area contributed by atoms with E-state index in [4.69, 9.17) is 4.74 Å². The molecule has 2 aliphatic heterocycles. The van der Waals surface area contributed by atoms with Crippen molar-refractivity contribution < 1.29 is 4.74 Å². The Hall–Kier alpha value is -1.63. The van der Waals surface area contributed by atoms with Crippen molar-refractivity contribution >= 4 is 17.8 Å². The number of rotatable bonds is 4. The molecule has 7 heteroatoms. The zero-order chi connectivity index (χ0) is 14.1. The van der Waals surface area contributed by atoms with Crippen molar-refractivity contribution in [2.75, 3.05) is 48.8 Å². The zero-order valence-corrected chi connectivity index (χ0v) is 12.3. The summed E-state index contributed by atoms with van der Waals surface area (Å²) in [5, 5.41) is 3.17. The average Bonchev–Trinajstić information content (AvgIpc) is 2.77. The van der Waals surface area contributed by atoms with E-state index in [1.54, 1.807) is 0 Å². The second kappa shape index (κ2) is 5.40. The maximum Gasteiger partial charge on any atom is 0.232 e. The fraction of sp³-hybridized carbons (Fsp3) is 0.769. The largest absolute Gasteiger partial charge is 0.371 e. The number of fused-ring (bicyclic) bond motifs is 2. The average molecular weight is 278 g/mol. The van der Waals surface area contributed by atoms with E-state index in [-0.39, 0.29) is 0 Å². The van der Waals surface area contributed by atoms with Gasteiger partial charge in [0.2, 0.25) is 17.8 Å². The SMILES string of the molecule is CCNc1nc(N(C)C)nc(N2CC3CCC(C2)O3)n1. The summed E-state index contributed by atoms with van der Waals surface area (Å²) in [6.45, 7) is 4.58. The van der Waals surface area contributed by atoms with Crippen LogP contribution in [0.15, 0.2) is 0 Å². The molecule has 7 nitrogen and oxygen atoms in total. The van der Waals surface area contributed by atoms with Crippen molar-refractivity contribution in [2.24, 2.45) is 0 Å². The molecule has 0 aromatic carbocycles. The number of hydrogen-bond acceptors (Lipinski definition) is 7. The Bertz CT molecular complexity index is 468. The highest BCUT2D eigenvalue weighted by Crippen LogP contribution is 2.28. The standard InChI is InChI=1S/C13H22N6O/c1-4-14-11-15-12(18(2)3)17-13(16-11)19-7-9-5-6-10(8-19)20-9/h9-10H,4-8H2,1-3H3,(H,14,15,16,17). The van der Waals surface area contributed by atoms with Crippen LogP contribution >= 0.6 is 0 Å². The number of nitrogens with one attached hydrogen (secondary N) is 1. The van der Waals surface area contributed by atoms with E-state index in [2.05, 4.69) is 25.2 Å². The number of hydrogen-bond donors (Lipinski definition) is 1. The lowest BCUT2D eigenvalue weighted by Crippen LogP contribution is -2.43.